The summed E-state index contributed by atoms with van der Waals surface area (Å²) in [6, 6.07) is 0. The maximum absolute atomic E-state index is 12.6. The fourth-order valence-corrected chi connectivity index (χ4v) is 1.44. The molecule has 0 saturated carbocycles. The molecule has 62 valence electrons. The Labute approximate surface area is 70.9 Å². The topological polar surface area (TPSA) is 0 Å². The quantitative estimate of drug-likeness (QED) is 0.657. The Kier molecular flexibility index (Phi) is 3.72. The summed E-state index contributed by atoms with van der Waals surface area (Å²) in [5.41, 5.74) is 0. The molecule has 0 aliphatic rings. The molecule has 6 heteroatoms. The van der Waals surface area contributed by atoms with E-state index < -0.39 is 9.71 Å². The van der Waals surface area contributed by atoms with Crippen molar-refractivity contribution in [2.24, 2.45) is 0 Å². The molecule has 1 unspecified atom stereocenters. The number of alkyl halides is 4. The number of halogens is 4. The van der Waals surface area contributed by atoms with Crippen LogP contribution in [0.25, 0.3) is 0 Å². The van der Waals surface area contributed by atoms with E-state index in [0.29, 0.717) is 0 Å². The van der Waals surface area contributed by atoms with E-state index in [1.54, 1.807) is 0 Å². The van der Waals surface area contributed by atoms with Crippen LogP contribution in [0.5, 0.6) is 0 Å². The summed E-state index contributed by atoms with van der Waals surface area (Å²) in [7, 11) is 0. The summed E-state index contributed by atoms with van der Waals surface area (Å²) < 4.78 is 34.3. The predicted molar refractivity (Wildman–Crippen MR) is 41.7 cm³/mol. The van der Waals surface area contributed by atoms with Gasteiger partial charge in [0.15, 0.2) is 0 Å². The van der Waals surface area contributed by atoms with Crippen LogP contribution in [0.15, 0.2) is 0 Å². The van der Waals surface area contributed by atoms with E-state index in [0.717, 1.165) is 6.26 Å². The van der Waals surface area contributed by atoms with Crippen molar-refractivity contribution in [3.63, 3.8) is 0 Å². The van der Waals surface area contributed by atoms with Crippen LogP contribution in [-0.2, 0) is 0 Å². The van der Waals surface area contributed by atoms with Gasteiger partial charge in [0.2, 0.25) is 0 Å². The molecule has 0 heterocycles. The zero-order chi connectivity index (χ0) is 8.41. The Morgan fingerprint density at radius 2 is 1.50 bits per heavy atom. The molecule has 0 bridgehead atoms. The van der Waals surface area contributed by atoms with Crippen LogP contribution in [0.2, 0.25) is 0 Å². The monoisotopic (exact) mass is 210 g/mol. The van der Waals surface area contributed by atoms with Gasteiger partial charge in [-0.2, -0.15) is 8.78 Å². The number of thioether (sulfide) groups is 2. The zero-order valence-corrected chi connectivity index (χ0v) is 7.72. The molecule has 0 aromatic heterocycles. The second-order valence-corrected chi connectivity index (χ2v) is 4.08. The Morgan fingerprint density at radius 1 is 1.10 bits per heavy atom. The first-order chi connectivity index (χ1) is 4.37. The third-order valence-corrected chi connectivity index (χ3v) is 3.36. The largest absolute Gasteiger partial charge is 0.350 e. The fraction of sp³-hybridized carbons (Fsp3) is 1.00. The molecule has 0 amide bonds. The first-order valence-corrected chi connectivity index (χ1v) is 5.06. The molecule has 1 atom stereocenters. The average molecular weight is 211 g/mol. The van der Waals surface area contributed by atoms with Gasteiger partial charge in [-0.05, 0) is 12.5 Å². The van der Waals surface area contributed by atoms with Gasteiger partial charge < -0.3 is 0 Å². The van der Waals surface area contributed by atoms with Gasteiger partial charge in [0.05, 0.1) is 0 Å². The Balaban J connectivity index is 4.28. The smallest absolute Gasteiger partial charge is 0.206 e. The molecule has 0 saturated heterocycles. The third kappa shape index (κ3) is 2.13. The highest BCUT2D eigenvalue weighted by Gasteiger charge is 2.53. The molecule has 0 spiro atoms. The van der Waals surface area contributed by atoms with E-state index in [9.17, 15) is 13.2 Å². The molecule has 0 aliphatic carbocycles. The SMILES string of the molecule is CSC(F)(F)C(F)(Cl)SC. The van der Waals surface area contributed by atoms with Crippen molar-refractivity contribution in [2.75, 3.05) is 12.5 Å². The second kappa shape index (κ2) is 3.45. The molecule has 0 rings (SSSR count). The van der Waals surface area contributed by atoms with Crippen molar-refractivity contribution in [1.29, 1.82) is 0 Å². The summed E-state index contributed by atoms with van der Waals surface area (Å²) in [4.78, 5) is 0. The Bertz CT molecular complexity index is 103. The Hall–Kier alpha value is 0.780. The van der Waals surface area contributed by atoms with Crippen molar-refractivity contribution in [3.8, 4) is 0 Å². The van der Waals surface area contributed by atoms with Gasteiger partial charge in [0, 0.05) is 0 Å². The van der Waals surface area contributed by atoms with Gasteiger partial charge >= 0.3 is 9.71 Å². The van der Waals surface area contributed by atoms with E-state index in [2.05, 4.69) is 0 Å². The highest BCUT2D eigenvalue weighted by molar-refractivity contribution is 8.04. The lowest BCUT2D eigenvalue weighted by molar-refractivity contribution is 0.0373. The maximum atomic E-state index is 12.6. The van der Waals surface area contributed by atoms with E-state index in [1.165, 1.54) is 6.26 Å². The van der Waals surface area contributed by atoms with Gasteiger partial charge in [0.1, 0.15) is 0 Å². The van der Waals surface area contributed by atoms with E-state index in [-0.39, 0.29) is 23.5 Å². The minimum atomic E-state index is -3.53. The molecule has 0 aliphatic heterocycles. The number of hydrogen-bond donors (Lipinski definition) is 0. The maximum Gasteiger partial charge on any atom is 0.350 e. The number of hydrogen-bond acceptors (Lipinski definition) is 2. The summed E-state index contributed by atoms with van der Waals surface area (Å²) in [5, 5.41) is -3.53. The lowest BCUT2D eigenvalue weighted by atomic mass is 10.8. The van der Waals surface area contributed by atoms with Gasteiger partial charge in [-0.25, -0.2) is 4.39 Å². The van der Waals surface area contributed by atoms with Gasteiger partial charge in [0.25, 0.3) is 0 Å². The van der Waals surface area contributed by atoms with Crippen LogP contribution < -0.4 is 0 Å². The van der Waals surface area contributed by atoms with Crippen molar-refractivity contribution < 1.29 is 13.2 Å². The van der Waals surface area contributed by atoms with E-state index in [1.807, 2.05) is 0 Å². The van der Waals surface area contributed by atoms with Gasteiger partial charge in [-0.3, -0.25) is 0 Å². The van der Waals surface area contributed by atoms with Gasteiger partial charge in [-0.15, -0.1) is 11.8 Å². The average Bonchev–Trinajstić information content (AvgIpc) is 1.88. The summed E-state index contributed by atoms with van der Waals surface area (Å²) >= 11 is 5.22. The molecule has 10 heavy (non-hydrogen) atoms. The molecular formula is C4H6ClF3S2. The van der Waals surface area contributed by atoms with Crippen LogP contribution in [0.3, 0.4) is 0 Å². The Morgan fingerprint density at radius 3 is 1.60 bits per heavy atom. The van der Waals surface area contributed by atoms with Crippen LogP contribution in [0, 0.1) is 0 Å². The van der Waals surface area contributed by atoms with E-state index in [4.69, 9.17) is 11.6 Å². The van der Waals surface area contributed by atoms with Crippen LogP contribution in [0.4, 0.5) is 13.2 Å². The van der Waals surface area contributed by atoms with Crippen molar-refractivity contribution in [3.05, 3.63) is 0 Å². The molecular weight excluding hydrogens is 205 g/mol. The standard InChI is InChI=1S/C4H6ClF3S2/c1-9-3(5,6)4(7,8)10-2/h1-2H3. The second-order valence-electron chi connectivity index (χ2n) is 1.44. The summed E-state index contributed by atoms with van der Waals surface area (Å²) in [6.07, 6.45) is 2.30. The van der Waals surface area contributed by atoms with Crippen molar-refractivity contribution in [1.82, 2.24) is 0 Å². The molecule has 0 fully saturated rings. The van der Waals surface area contributed by atoms with Gasteiger partial charge in [-0.1, -0.05) is 23.4 Å². The third-order valence-electron chi connectivity index (χ3n) is 0.852. The minimum absolute atomic E-state index is 0.0975. The fourth-order valence-electron chi connectivity index (χ4n) is 0.238. The van der Waals surface area contributed by atoms with Crippen molar-refractivity contribution in [2.45, 2.75) is 9.71 Å². The predicted octanol–water partition coefficient (Wildman–Crippen LogP) is 3.17. The molecule has 0 N–H and O–H groups in total. The van der Waals surface area contributed by atoms with E-state index >= 15 is 0 Å². The first-order valence-electron chi connectivity index (χ1n) is 2.23. The van der Waals surface area contributed by atoms with Crippen LogP contribution >= 0.6 is 35.1 Å². The van der Waals surface area contributed by atoms with Crippen LogP contribution in [0.1, 0.15) is 0 Å². The lowest BCUT2D eigenvalue weighted by Crippen LogP contribution is -2.32. The summed E-state index contributed by atoms with van der Waals surface area (Å²) in [6.45, 7) is 0. The van der Waals surface area contributed by atoms with Crippen LogP contribution in [-0.4, -0.2) is 22.2 Å². The molecule has 0 nitrogen and oxygen atoms in total. The summed E-state index contributed by atoms with van der Waals surface area (Å²) in [5.74, 6) is 0. The highest BCUT2D eigenvalue weighted by Crippen LogP contribution is 2.49. The normalized spacial score (nSPS) is 18.6. The highest BCUT2D eigenvalue weighted by atomic mass is 35.5. The molecule has 0 aromatic carbocycles. The lowest BCUT2D eigenvalue weighted by Gasteiger charge is -2.23. The zero-order valence-electron chi connectivity index (χ0n) is 5.33. The minimum Gasteiger partial charge on any atom is -0.206 e. The first kappa shape index (κ1) is 10.8. The van der Waals surface area contributed by atoms with Crippen molar-refractivity contribution >= 4 is 35.1 Å². The molecule has 0 aromatic rings. The number of rotatable bonds is 3. The molecule has 0 radical (unpaired) electrons.